The van der Waals surface area contributed by atoms with Crippen molar-refractivity contribution in [3.05, 3.63) is 52.7 Å². The summed E-state index contributed by atoms with van der Waals surface area (Å²) in [5, 5.41) is 54.1. The maximum absolute atomic E-state index is 12.8. The number of aliphatic carboxylic acids is 4. The van der Waals surface area contributed by atoms with E-state index in [9.17, 15) is 74.2 Å². The van der Waals surface area contributed by atoms with E-state index in [4.69, 9.17) is 23.1 Å². The summed E-state index contributed by atoms with van der Waals surface area (Å²) >= 11 is 0. The first kappa shape index (κ1) is 46.2. The Hall–Kier alpha value is -8.87. The molecule has 1 saturated heterocycles. The number of anilines is 3. The molecule has 3 amide bonds. The fraction of sp³-hybridized carbons (Fsp3) is 0.297. The summed E-state index contributed by atoms with van der Waals surface area (Å²) in [5.74, 6) is -11.9. The summed E-state index contributed by atoms with van der Waals surface area (Å²) in [6.07, 6.45) is 0.00871. The molecule has 5 rings (SSSR count). The van der Waals surface area contributed by atoms with Gasteiger partial charge in [0.1, 0.15) is 56.5 Å². The standard InChI is InChI=1S/C37H34N8O19/c38-42-41-34-19-11-24(21(44(16-31(53)54)17-32(55)56)12-22(19)62-35(34)36-39-13-25(63-36)37(58)59)61-9-8-60-23-10-18(4-5-20(23)43(14-29(49)50)15-30(51)52)40-26(46)2-1-3-33(57)64-45-27(47)6-7-28(45)48/h4-5,10-13H,1-3,6-9,14-17H2,(H,40,46)(H,49,50)(H,51,52)(H,53,54)(H,55,56)(H,58,59). The van der Waals surface area contributed by atoms with Gasteiger partial charge in [-0.1, -0.05) is 5.11 Å². The smallest absolute Gasteiger partial charge is 0.373 e. The van der Waals surface area contributed by atoms with E-state index in [1.165, 1.54) is 24.3 Å². The molecule has 2 aromatic heterocycles. The summed E-state index contributed by atoms with van der Waals surface area (Å²) in [7, 11) is 0. The molecule has 0 bridgehead atoms. The number of carboxylic acid groups (broad SMARTS) is 5. The van der Waals surface area contributed by atoms with Crippen LogP contribution in [0.2, 0.25) is 0 Å². The molecular weight excluding hydrogens is 860 g/mol. The van der Waals surface area contributed by atoms with Crippen LogP contribution in [0, 0.1) is 0 Å². The Bertz CT molecular complexity index is 2530. The van der Waals surface area contributed by atoms with Gasteiger partial charge in [-0.15, -0.1) is 5.06 Å². The van der Waals surface area contributed by atoms with Crippen molar-refractivity contribution in [2.24, 2.45) is 5.11 Å². The third-order valence-corrected chi connectivity index (χ3v) is 8.61. The van der Waals surface area contributed by atoms with Crippen LogP contribution in [-0.2, 0) is 43.2 Å². The zero-order chi connectivity index (χ0) is 46.7. The first-order valence-electron chi connectivity index (χ1n) is 18.4. The number of nitrogens with one attached hydrogen (secondary N) is 1. The highest BCUT2D eigenvalue weighted by Gasteiger charge is 2.33. The molecule has 1 aliphatic rings. The minimum Gasteiger partial charge on any atom is -0.488 e. The summed E-state index contributed by atoms with van der Waals surface area (Å²) in [6.45, 7) is -4.27. The Morgan fingerprint density at radius 1 is 0.797 bits per heavy atom. The molecule has 0 spiro atoms. The van der Waals surface area contributed by atoms with Crippen LogP contribution < -0.4 is 24.6 Å². The van der Waals surface area contributed by atoms with E-state index >= 15 is 0 Å². The topological polar surface area (TPSA) is 392 Å². The molecule has 27 heteroatoms. The van der Waals surface area contributed by atoms with Crippen molar-refractivity contribution in [2.45, 2.75) is 32.1 Å². The summed E-state index contributed by atoms with van der Waals surface area (Å²) in [6, 6.07) is 6.18. The van der Waals surface area contributed by atoms with Gasteiger partial charge >= 0.3 is 35.8 Å². The number of aromatic carboxylic acids is 1. The highest BCUT2D eigenvalue weighted by molar-refractivity contribution is 6.02. The predicted octanol–water partition coefficient (Wildman–Crippen LogP) is 2.85. The monoisotopic (exact) mass is 894 g/mol. The maximum Gasteiger partial charge on any atom is 0.373 e. The van der Waals surface area contributed by atoms with Crippen LogP contribution in [0.25, 0.3) is 33.1 Å². The number of fused-ring (bicyclic) bond motifs is 1. The van der Waals surface area contributed by atoms with Gasteiger partial charge in [0, 0.05) is 53.8 Å². The zero-order valence-corrected chi connectivity index (χ0v) is 32.8. The first-order valence-corrected chi connectivity index (χ1v) is 18.4. The fourth-order valence-corrected chi connectivity index (χ4v) is 6.03. The van der Waals surface area contributed by atoms with Crippen LogP contribution in [0.1, 0.15) is 42.7 Å². The number of hydroxylamine groups is 2. The van der Waals surface area contributed by atoms with E-state index in [-0.39, 0.29) is 83.1 Å². The van der Waals surface area contributed by atoms with Gasteiger partial charge in [0.2, 0.25) is 11.7 Å². The molecule has 0 unspecified atom stereocenters. The average Bonchev–Trinajstić information content (AvgIpc) is 3.93. The van der Waals surface area contributed by atoms with Gasteiger partial charge < -0.3 is 63.8 Å². The van der Waals surface area contributed by atoms with Gasteiger partial charge in [-0.3, -0.25) is 33.6 Å². The van der Waals surface area contributed by atoms with Crippen LogP contribution in [0.5, 0.6) is 11.5 Å². The largest absolute Gasteiger partial charge is 0.488 e. The number of benzene rings is 2. The van der Waals surface area contributed by atoms with Crippen LogP contribution in [-0.4, -0.2) is 129 Å². The van der Waals surface area contributed by atoms with Crippen molar-refractivity contribution >= 4 is 87.3 Å². The minimum atomic E-state index is -1.48. The molecule has 0 saturated carbocycles. The molecule has 1 aliphatic heterocycles. The lowest BCUT2D eigenvalue weighted by molar-refractivity contribution is -0.197. The molecule has 64 heavy (non-hydrogen) atoms. The van der Waals surface area contributed by atoms with Gasteiger partial charge in [-0.25, -0.2) is 14.6 Å². The third kappa shape index (κ3) is 11.9. The van der Waals surface area contributed by atoms with Crippen molar-refractivity contribution in [1.82, 2.24) is 10.0 Å². The predicted molar refractivity (Wildman–Crippen MR) is 210 cm³/mol. The molecule has 2 aromatic carbocycles. The Kier molecular flexibility index (Phi) is 14.9. The van der Waals surface area contributed by atoms with Crippen LogP contribution in [0.3, 0.4) is 0 Å². The third-order valence-electron chi connectivity index (χ3n) is 8.61. The summed E-state index contributed by atoms with van der Waals surface area (Å²) in [5.41, 5.74) is 8.78. The Morgan fingerprint density at radius 2 is 1.38 bits per heavy atom. The lowest BCUT2D eigenvalue weighted by Gasteiger charge is -2.25. The zero-order valence-electron chi connectivity index (χ0n) is 32.8. The SMILES string of the molecule is [N-]=[N+]=Nc1c(-c2ncc(C(=O)O)o2)oc2cc(N(CC(=O)O)CC(=O)O)c(OCCOc3cc(NC(=O)CCCC(=O)ON4C(=O)CCC4=O)ccc3N(CC(=O)O)CC(=O)O)cc12. The minimum absolute atomic E-state index is 0.00876. The second-order valence-corrected chi connectivity index (χ2v) is 13.2. The molecule has 336 valence electrons. The van der Waals surface area contributed by atoms with E-state index in [0.29, 0.717) is 5.06 Å². The van der Waals surface area contributed by atoms with Crippen molar-refractivity contribution in [3.63, 3.8) is 0 Å². The average molecular weight is 895 g/mol. The van der Waals surface area contributed by atoms with Gasteiger partial charge in [0.15, 0.2) is 5.76 Å². The van der Waals surface area contributed by atoms with E-state index in [2.05, 4.69) is 20.3 Å². The van der Waals surface area contributed by atoms with E-state index in [0.717, 1.165) is 22.1 Å². The van der Waals surface area contributed by atoms with Gasteiger partial charge in [0.05, 0.1) is 23.3 Å². The molecule has 0 atom stereocenters. The number of hydrogen-bond acceptors (Lipinski definition) is 18. The number of amides is 3. The quantitative estimate of drug-likeness (QED) is 0.0193. The van der Waals surface area contributed by atoms with Crippen molar-refractivity contribution in [3.8, 4) is 23.1 Å². The van der Waals surface area contributed by atoms with Gasteiger partial charge in [0.25, 0.3) is 17.7 Å². The van der Waals surface area contributed by atoms with E-state index in [1.807, 2.05) is 0 Å². The number of imide groups is 1. The maximum atomic E-state index is 12.8. The number of carbonyl (C=O) groups is 9. The lowest BCUT2D eigenvalue weighted by Crippen LogP contribution is -2.35. The lowest BCUT2D eigenvalue weighted by atomic mass is 10.1. The molecule has 1 fully saturated rings. The van der Waals surface area contributed by atoms with Crippen molar-refractivity contribution in [1.29, 1.82) is 0 Å². The van der Waals surface area contributed by atoms with E-state index in [1.54, 1.807) is 0 Å². The van der Waals surface area contributed by atoms with Gasteiger partial charge in [-0.2, -0.15) is 0 Å². The number of ether oxygens (including phenoxy) is 2. The van der Waals surface area contributed by atoms with Crippen molar-refractivity contribution in [2.75, 3.05) is 54.5 Å². The Labute approximate surface area is 356 Å². The molecule has 4 aromatic rings. The highest BCUT2D eigenvalue weighted by Crippen LogP contribution is 2.45. The Balaban J connectivity index is 1.41. The van der Waals surface area contributed by atoms with Gasteiger partial charge in [-0.05, 0) is 30.2 Å². The molecule has 3 heterocycles. The summed E-state index contributed by atoms with van der Waals surface area (Å²) < 4.78 is 22.8. The number of hydrogen-bond donors (Lipinski definition) is 6. The van der Waals surface area contributed by atoms with Crippen LogP contribution >= 0.6 is 0 Å². The summed E-state index contributed by atoms with van der Waals surface area (Å²) in [4.78, 5) is 120. The normalized spacial score (nSPS) is 12.0. The second-order valence-electron chi connectivity index (χ2n) is 13.2. The highest BCUT2D eigenvalue weighted by atomic mass is 16.7. The molecular formula is C37H34N8O19. The van der Waals surface area contributed by atoms with E-state index < -0.39 is 105 Å². The number of aromatic nitrogens is 1. The number of carbonyl (C=O) groups excluding carboxylic acids is 4. The molecule has 0 aliphatic carbocycles. The first-order chi connectivity index (χ1) is 30.4. The Morgan fingerprint density at radius 3 is 1.92 bits per heavy atom. The van der Waals surface area contributed by atoms with Crippen LogP contribution in [0.15, 0.2) is 50.5 Å². The number of oxazole rings is 1. The number of nitrogens with zero attached hydrogens (tertiary/aromatic N) is 7. The van der Waals surface area contributed by atoms with Crippen LogP contribution in [0.4, 0.5) is 22.7 Å². The molecule has 0 radical (unpaired) electrons. The number of rotatable bonds is 24. The number of furan rings is 1. The fourth-order valence-electron chi connectivity index (χ4n) is 6.03. The number of carboxylic acids is 5. The second kappa shape index (κ2) is 20.6. The molecule has 6 N–H and O–H groups in total. The van der Waals surface area contributed by atoms with Crippen molar-refractivity contribution < 1.29 is 91.8 Å². The molecule has 27 nitrogen and oxygen atoms in total. The number of azide groups is 1.